The van der Waals surface area contributed by atoms with Crippen LogP contribution in [-0.4, -0.2) is 11.3 Å². The maximum Gasteiger partial charge on any atom is 0.184 e. The van der Waals surface area contributed by atoms with E-state index in [1.165, 1.54) is 0 Å². The Hall–Kier alpha value is -0.640. The molecular weight excluding hydrogens is 146 g/mol. The zero-order valence-corrected chi connectivity index (χ0v) is 7.11. The van der Waals surface area contributed by atoms with Gasteiger partial charge in [-0.3, -0.25) is 5.43 Å². The topological polar surface area (TPSA) is 50.4 Å². The van der Waals surface area contributed by atoms with Gasteiger partial charge in [0.25, 0.3) is 0 Å². The van der Waals surface area contributed by atoms with Crippen LogP contribution in [0.5, 0.6) is 0 Å². The first-order chi connectivity index (χ1) is 4.66. The molecule has 0 aliphatic carbocycles. The smallest absolute Gasteiger partial charge is 0.184 e. The van der Waals surface area contributed by atoms with E-state index in [0.717, 1.165) is 6.42 Å². The first kappa shape index (κ1) is 9.36. The third-order valence-electron chi connectivity index (χ3n) is 1.15. The first-order valence-electron chi connectivity index (χ1n) is 3.25. The molecule has 1 atom stereocenters. The Bertz CT molecular complexity index is 133. The molecule has 0 saturated carbocycles. The molecule has 3 N–H and O–H groups in total. The Morgan fingerprint density at radius 3 is 2.90 bits per heavy atom. The average Bonchev–Trinajstić information content (AvgIpc) is 1.87. The van der Waals surface area contributed by atoms with Crippen LogP contribution in [0.4, 0.5) is 0 Å². The summed E-state index contributed by atoms with van der Waals surface area (Å²) >= 11 is 4.54. The first-order valence-corrected chi connectivity index (χ1v) is 3.66. The molecule has 0 spiro atoms. The average molecular weight is 159 g/mol. The van der Waals surface area contributed by atoms with E-state index in [0.29, 0.717) is 5.92 Å². The Labute approximate surface area is 66.7 Å². The van der Waals surface area contributed by atoms with E-state index in [1.54, 1.807) is 6.21 Å². The van der Waals surface area contributed by atoms with Crippen molar-refractivity contribution in [3.05, 3.63) is 0 Å². The van der Waals surface area contributed by atoms with Gasteiger partial charge in [0, 0.05) is 6.21 Å². The van der Waals surface area contributed by atoms with Gasteiger partial charge in [0.15, 0.2) is 5.11 Å². The molecule has 0 aliphatic heterocycles. The molecule has 0 bridgehead atoms. The highest BCUT2D eigenvalue weighted by Crippen LogP contribution is 1.93. The molecule has 0 aliphatic rings. The third kappa shape index (κ3) is 5.50. The minimum Gasteiger partial charge on any atom is -0.375 e. The molecule has 0 fully saturated rings. The monoisotopic (exact) mass is 159 g/mol. The zero-order chi connectivity index (χ0) is 7.98. The summed E-state index contributed by atoms with van der Waals surface area (Å²) in [5, 5.41) is 4.01. The fourth-order valence-electron chi connectivity index (χ4n) is 0.334. The Balaban J connectivity index is 3.45. The van der Waals surface area contributed by atoms with Crippen molar-refractivity contribution in [1.29, 1.82) is 0 Å². The number of nitrogens with zero attached hydrogens (tertiary/aromatic N) is 1. The van der Waals surface area contributed by atoms with Crippen LogP contribution in [0.25, 0.3) is 0 Å². The molecule has 1 unspecified atom stereocenters. The molecule has 3 nitrogen and oxygen atoms in total. The maximum absolute atomic E-state index is 5.13. The predicted molar refractivity (Wildman–Crippen MR) is 47.9 cm³/mol. The molecule has 58 valence electrons. The SMILES string of the molecule is CCC(C)C=NNC(N)=S. The normalized spacial score (nSPS) is 13.4. The molecule has 0 aromatic carbocycles. The molecule has 0 rings (SSSR count). The largest absolute Gasteiger partial charge is 0.375 e. The van der Waals surface area contributed by atoms with Crippen molar-refractivity contribution in [3.63, 3.8) is 0 Å². The molecule has 0 heterocycles. The quantitative estimate of drug-likeness (QED) is 0.364. The van der Waals surface area contributed by atoms with Crippen molar-refractivity contribution >= 4 is 23.5 Å². The second-order valence-corrected chi connectivity index (χ2v) is 2.58. The zero-order valence-electron chi connectivity index (χ0n) is 6.29. The molecule has 10 heavy (non-hydrogen) atoms. The highest BCUT2D eigenvalue weighted by Gasteiger charge is 1.90. The lowest BCUT2D eigenvalue weighted by molar-refractivity contribution is 0.747. The molecule has 0 amide bonds. The maximum atomic E-state index is 5.13. The van der Waals surface area contributed by atoms with Crippen molar-refractivity contribution in [2.75, 3.05) is 0 Å². The van der Waals surface area contributed by atoms with Gasteiger partial charge >= 0.3 is 0 Å². The summed E-state index contributed by atoms with van der Waals surface area (Å²) in [4.78, 5) is 0. The van der Waals surface area contributed by atoms with Gasteiger partial charge in [-0.1, -0.05) is 13.8 Å². The molecule has 0 aromatic rings. The fourth-order valence-corrected chi connectivity index (χ4v) is 0.386. The van der Waals surface area contributed by atoms with Gasteiger partial charge in [-0.2, -0.15) is 5.10 Å². The lowest BCUT2D eigenvalue weighted by atomic mass is 10.1. The van der Waals surface area contributed by atoms with E-state index in [2.05, 4.69) is 36.6 Å². The van der Waals surface area contributed by atoms with Gasteiger partial charge in [-0.05, 0) is 24.6 Å². The van der Waals surface area contributed by atoms with E-state index in [-0.39, 0.29) is 5.11 Å². The number of nitrogens with one attached hydrogen (secondary N) is 1. The lowest BCUT2D eigenvalue weighted by Crippen LogP contribution is -2.24. The number of nitrogens with two attached hydrogens (primary N) is 1. The second kappa shape index (κ2) is 5.17. The summed E-state index contributed by atoms with van der Waals surface area (Å²) in [5.74, 6) is 0.474. The van der Waals surface area contributed by atoms with Crippen LogP contribution in [0.1, 0.15) is 20.3 Å². The standard InChI is InChI=1S/C6H13N3S/c1-3-5(2)4-8-9-6(7)10/h4-5H,3H2,1-2H3,(H3,7,9,10). The Kier molecular flexibility index (Phi) is 4.84. The van der Waals surface area contributed by atoms with Gasteiger partial charge < -0.3 is 5.73 Å². The van der Waals surface area contributed by atoms with Crippen LogP contribution in [0, 0.1) is 5.92 Å². The Morgan fingerprint density at radius 1 is 1.90 bits per heavy atom. The van der Waals surface area contributed by atoms with Crippen LogP contribution >= 0.6 is 12.2 Å². The van der Waals surface area contributed by atoms with Crippen LogP contribution < -0.4 is 11.2 Å². The van der Waals surface area contributed by atoms with Crippen molar-refractivity contribution in [1.82, 2.24) is 5.43 Å². The summed E-state index contributed by atoms with van der Waals surface area (Å²) in [6.45, 7) is 4.17. The van der Waals surface area contributed by atoms with Crippen LogP contribution in [0.2, 0.25) is 0 Å². The van der Waals surface area contributed by atoms with Gasteiger partial charge in [0.1, 0.15) is 0 Å². The summed E-state index contributed by atoms with van der Waals surface area (Å²) in [6.07, 6.45) is 2.86. The van der Waals surface area contributed by atoms with Gasteiger partial charge in [-0.25, -0.2) is 0 Å². The highest BCUT2D eigenvalue weighted by molar-refractivity contribution is 7.80. The number of hydrazone groups is 1. The summed E-state index contributed by atoms with van der Waals surface area (Å²) < 4.78 is 0. The molecule has 4 heteroatoms. The predicted octanol–water partition coefficient (Wildman–Crippen LogP) is 0.852. The summed E-state index contributed by atoms with van der Waals surface area (Å²) in [7, 11) is 0. The van der Waals surface area contributed by atoms with E-state index in [4.69, 9.17) is 5.73 Å². The number of hydrogen-bond donors (Lipinski definition) is 2. The third-order valence-corrected chi connectivity index (χ3v) is 1.24. The minimum absolute atomic E-state index is 0.208. The van der Waals surface area contributed by atoms with Crippen LogP contribution in [0.15, 0.2) is 5.10 Å². The van der Waals surface area contributed by atoms with E-state index in [9.17, 15) is 0 Å². The molecular formula is C6H13N3S. The number of hydrogen-bond acceptors (Lipinski definition) is 2. The van der Waals surface area contributed by atoms with E-state index in [1.807, 2.05) is 0 Å². The molecule has 0 aromatic heterocycles. The lowest BCUT2D eigenvalue weighted by Gasteiger charge is -1.98. The molecule has 0 saturated heterocycles. The second-order valence-electron chi connectivity index (χ2n) is 2.14. The van der Waals surface area contributed by atoms with Crippen LogP contribution in [0.3, 0.4) is 0 Å². The highest BCUT2D eigenvalue weighted by atomic mass is 32.1. The van der Waals surface area contributed by atoms with Crippen molar-refractivity contribution in [2.45, 2.75) is 20.3 Å². The summed E-state index contributed by atoms with van der Waals surface area (Å²) in [6, 6.07) is 0. The number of rotatable bonds is 3. The molecule has 0 radical (unpaired) electrons. The van der Waals surface area contributed by atoms with E-state index >= 15 is 0 Å². The van der Waals surface area contributed by atoms with E-state index < -0.39 is 0 Å². The van der Waals surface area contributed by atoms with Gasteiger partial charge in [0.05, 0.1) is 0 Å². The minimum atomic E-state index is 0.208. The Morgan fingerprint density at radius 2 is 2.50 bits per heavy atom. The summed E-state index contributed by atoms with van der Waals surface area (Å²) in [5.41, 5.74) is 7.62. The van der Waals surface area contributed by atoms with Crippen molar-refractivity contribution < 1.29 is 0 Å². The van der Waals surface area contributed by atoms with Crippen molar-refractivity contribution in [3.8, 4) is 0 Å². The van der Waals surface area contributed by atoms with Crippen LogP contribution in [-0.2, 0) is 0 Å². The number of thiocarbonyl (C=S) groups is 1. The van der Waals surface area contributed by atoms with Gasteiger partial charge in [-0.15, -0.1) is 0 Å². The van der Waals surface area contributed by atoms with Gasteiger partial charge in [0.2, 0.25) is 0 Å². The van der Waals surface area contributed by atoms with Crippen molar-refractivity contribution in [2.24, 2.45) is 16.8 Å². The fraction of sp³-hybridized carbons (Fsp3) is 0.667.